The fraction of sp³-hybridized carbons (Fsp3) is 0.615. The van der Waals surface area contributed by atoms with Gasteiger partial charge in [-0.25, -0.2) is 0 Å². The first-order valence-electron chi connectivity index (χ1n) is 6.18. The molecule has 1 unspecified atom stereocenters. The Kier molecular flexibility index (Phi) is 3.84. The first kappa shape index (κ1) is 12.6. The third-order valence-electron chi connectivity index (χ3n) is 3.80. The molecule has 0 aliphatic carbocycles. The summed E-state index contributed by atoms with van der Waals surface area (Å²) in [5.74, 6) is 0.204. The standard InChI is InChI=1S/C13H20N2OS/c1-3-13(4-5-14-9-13)12(16)15-6-11-8-17-7-10(11)2/h7-8,14H,3-6,9H2,1-2H3,(H,15,16). The molecule has 0 aromatic carbocycles. The molecule has 4 heteroatoms. The average molecular weight is 252 g/mol. The van der Waals surface area contributed by atoms with E-state index in [1.54, 1.807) is 11.3 Å². The van der Waals surface area contributed by atoms with E-state index >= 15 is 0 Å². The van der Waals surface area contributed by atoms with Crippen molar-refractivity contribution in [1.82, 2.24) is 10.6 Å². The topological polar surface area (TPSA) is 41.1 Å². The molecule has 3 nitrogen and oxygen atoms in total. The van der Waals surface area contributed by atoms with Gasteiger partial charge in [-0.05, 0) is 48.2 Å². The smallest absolute Gasteiger partial charge is 0.227 e. The van der Waals surface area contributed by atoms with Gasteiger partial charge in [-0.15, -0.1) is 0 Å². The van der Waals surface area contributed by atoms with E-state index < -0.39 is 0 Å². The molecular formula is C13H20N2OS. The van der Waals surface area contributed by atoms with E-state index in [1.165, 1.54) is 11.1 Å². The molecule has 2 N–H and O–H groups in total. The van der Waals surface area contributed by atoms with E-state index in [4.69, 9.17) is 0 Å². The molecule has 1 aromatic rings. The van der Waals surface area contributed by atoms with Gasteiger partial charge in [0.25, 0.3) is 0 Å². The molecule has 17 heavy (non-hydrogen) atoms. The van der Waals surface area contributed by atoms with Crippen molar-refractivity contribution in [2.24, 2.45) is 5.41 Å². The molecule has 1 atom stereocenters. The van der Waals surface area contributed by atoms with Crippen molar-refractivity contribution >= 4 is 17.2 Å². The summed E-state index contributed by atoms with van der Waals surface area (Å²) in [7, 11) is 0. The monoisotopic (exact) mass is 252 g/mol. The Bertz CT molecular complexity index is 394. The number of nitrogens with one attached hydrogen (secondary N) is 2. The highest BCUT2D eigenvalue weighted by atomic mass is 32.1. The van der Waals surface area contributed by atoms with E-state index in [9.17, 15) is 4.79 Å². The Hall–Kier alpha value is -0.870. The Balaban J connectivity index is 1.95. The van der Waals surface area contributed by atoms with Gasteiger partial charge in [-0.1, -0.05) is 6.92 Å². The van der Waals surface area contributed by atoms with Gasteiger partial charge in [0.05, 0.1) is 5.41 Å². The highest BCUT2D eigenvalue weighted by Gasteiger charge is 2.39. The third kappa shape index (κ3) is 2.53. The number of thiophene rings is 1. The predicted molar refractivity (Wildman–Crippen MR) is 71.1 cm³/mol. The summed E-state index contributed by atoms with van der Waals surface area (Å²) in [6.45, 7) is 6.62. The number of amides is 1. The van der Waals surface area contributed by atoms with Crippen LogP contribution in [0.15, 0.2) is 10.8 Å². The predicted octanol–water partition coefficient (Wildman–Crippen LogP) is 2.06. The van der Waals surface area contributed by atoms with Crippen LogP contribution in [0.2, 0.25) is 0 Å². The maximum atomic E-state index is 12.3. The molecule has 1 aliphatic rings. The molecule has 1 aromatic heterocycles. The van der Waals surface area contributed by atoms with Crippen LogP contribution in [0.1, 0.15) is 30.9 Å². The number of hydrogen-bond donors (Lipinski definition) is 2. The Morgan fingerprint density at radius 1 is 1.59 bits per heavy atom. The number of rotatable bonds is 4. The fourth-order valence-electron chi connectivity index (χ4n) is 2.33. The van der Waals surface area contributed by atoms with Crippen molar-refractivity contribution < 1.29 is 4.79 Å². The minimum Gasteiger partial charge on any atom is -0.351 e. The van der Waals surface area contributed by atoms with E-state index in [0.717, 1.165) is 25.9 Å². The molecule has 0 bridgehead atoms. The normalized spacial score (nSPS) is 23.9. The van der Waals surface area contributed by atoms with Crippen LogP contribution in [-0.4, -0.2) is 19.0 Å². The molecule has 2 rings (SSSR count). The van der Waals surface area contributed by atoms with E-state index in [-0.39, 0.29) is 11.3 Å². The van der Waals surface area contributed by atoms with E-state index in [0.29, 0.717) is 6.54 Å². The van der Waals surface area contributed by atoms with Crippen molar-refractivity contribution in [2.45, 2.75) is 33.2 Å². The third-order valence-corrected chi connectivity index (χ3v) is 4.71. The molecule has 94 valence electrons. The summed E-state index contributed by atoms with van der Waals surface area (Å²) in [4.78, 5) is 12.3. The highest BCUT2D eigenvalue weighted by Crippen LogP contribution is 2.29. The van der Waals surface area contributed by atoms with Gasteiger partial charge in [-0.2, -0.15) is 11.3 Å². The summed E-state index contributed by atoms with van der Waals surface area (Å²) in [5, 5.41) is 10.6. The van der Waals surface area contributed by atoms with Crippen molar-refractivity contribution in [3.8, 4) is 0 Å². The van der Waals surface area contributed by atoms with E-state index in [2.05, 4.69) is 35.2 Å². The first-order chi connectivity index (χ1) is 8.18. The second-order valence-corrected chi connectivity index (χ2v) is 5.57. The lowest BCUT2D eigenvalue weighted by atomic mass is 9.83. The van der Waals surface area contributed by atoms with Crippen LogP contribution in [0.25, 0.3) is 0 Å². The minimum absolute atomic E-state index is 0.177. The molecule has 1 aliphatic heterocycles. The number of hydrogen-bond acceptors (Lipinski definition) is 3. The number of aryl methyl sites for hydroxylation is 1. The summed E-state index contributed by atoms with van der Waals surface area (Å²) in [6.07, 6.45) is 1.87. The van der Waals surface area contributed by atoms with Gasteiger partial charge in [-0.3, -0.25) is 4.79 Å². The lowest BCUT2D eigenvalue weighted by Crippen LogP contribution is -2.41. The first-order valence-corrected chi connectivity index (χ1v) is 7.13. The molecule has 0 spiro atoms. The maximum Gasteiger partial charge on any atom is 0.227 e. The van der Waals surface area contributed by atoms with Crippen molar-refractivity contribution in [1.29, 1.82) is 0 Å². The van der Waals surface area contributed by atoms with Gasteiger partial charge in [0, 0.05) is 13.1 Å². The summed E-state index contributed by atoms with van der Waals surface area (Å²) >= 11 is 1.69. The molecule has 2 heterocycles. The molecule has 0 radical (unpaired) electrons. The molecular weight excluding hydrogens is 232 g/mol. The zero-order valence-electron chi connectivity index (χ0n) is 10.5. The zero-order chi connectivity index (χ0) is 12.3. The van der Waals surface area contributed by atoms with Crippen LogP contribution in [0, 0.1) is 12.3 Å². The fourth-order valence-corrected chi connectivity index (χ4v) is 3.19. The summed E-state index contributed by atoms with van der Waals surface area (Å²) < 4.78 is 0. The minimum atomic E-state index is -0.177. The zero-order valence-corrected chi connectivity index (χ0v) is 11.3. The average Bonchev–Trinajstić information content (AvgIpc) is 2.95. The Morgan fingerprint density at radius 3 is 2.94 bits per heavy atom. The van der Waals surface area contributed by atoms with Crippen LogP contribution in [0.3, 0.4) is 0 Å². The number of carbonyl (C=O) groups is 1. The molecule has 1 fully saturated rings. The second-order valence-electron chi connectivity index (χ2n) is 4.82. The van der Waals surface area contributed by atoms with Crippen LogP contribution >= 0.6 is 11.3 Å². The SMILES string of the molecule is CCC1(C(=O)NCc2cscc2C)CCNC1. The van der Waals surface area contributed by atoms with Crippen LogP contribution < -0.4 is 10.6 Å². The molecule has 1 saturated heterocycles. The van der Waals surface area contributed by atoms with Gasteiger partial charge < -0.3 is 10.6 Å². The van der Waals surface area contributed by atoms with Crippen LogP contribution in [0.5, 0.6) is 0 Å². The lowest BCUT2D eigenvalue weighted by Gasteiger charge is -2.25. The Morgan fingerprint density at radius 2 is 2.41 bits per heavy atom. The second kappa shape index (κ2) is 5.19. The van der Waals surface area contributed by atoms with Crippen LogP contribution in [0.4, 0.5) is 0 Å². The van der Waals surface area contributed by atoms with Crippen LogP contribution in [-0.2, 0) is 11.3 Å². The number of carbonyl (C=O) groups excluding carboxylic acids is 1. The van der Waals surface area contributed by atoms with E-state index in [1.807, 2.05) is 0 Å². The van der Waals surface area contributed by atoms with Gasteiger partial charge in [0.15, 0.2) is 0 Å². The van der Waals surface area contributed by atoms with Gasteiger partial charge >= 0.3 is 0 Å². The summed E-state index contributed by atoms with van der Waals surface area (Å²) in [6, 6.07) is 0. The largest absolute Gasteiger partial charge is 0.351 e. The summed E-state index contributed by atoms with van der Waals surface area (Å²) in [5.41, 5.74) is 2.33. The Labute approximate surface area is 107 Å². The lowest BCUT2D eigenvalue weighted by molar-refractivity contribution is -0.130. The van der Waals surface area contributed by atoms with Crippen molar-refractivity contribution in [2.75, 3.05) is 13.1 Å². The molecule has 0 saturated carbocycles. The van der Waals surface area contributed by atoms with Gasteiger partial charge in [0.1, 0.15) is 0 Å². The quantitative estimate of drug-likeness (QED) is 0.861. The maximum absolute atomic E-state index is 12.3. The van der Waals surface area contributed by atoms with Crippen molar-refractivity contribution in [3.63, 3.8) is 0 Å². The van der Waals surface area contributed by atoms with Gasteiger partial charge in [0.2, 0.25) is 5.91 Å². The highest BCUT2D eigenvalue weighted by molar-refractivity contribution is 7.08. The van der Waals surface area contributed by atoms with Crippen molar-refractivity contribution in [3.05, 3.63) is 21.9 Å². The molecule has 1 amide bonds.